The molecule has 8 atom stereocenters. The molecule has 0 saturated carbocycles. The second-order valence-electron chi connectivity index (χ2n) is 22.6. The summed E-state index contributed by atoms with van der Waals surface area (Å²) >= 11 is 0. The van der Waals surface area contributed by atoms with Crippen molar-refractivity contribution in [2.24, 2.45) is 28.3 Å². The number of likely N-dealkylation sites (tertiary alicyclic amines) is 1. The number of fused-ring (bicyclic) bond motifs is 1. The molecular formula is C59H86N16O12. The third-order valence-electron chi connectivity index (χ3n) is 14.5. The Morgan fingerprint density at radius 1 is 0.724 bits per heavy atom. The number of hydrogen-bond acceptors (Lipinski definition) is 14. The normalized spacial score (nSPS) is 15.4. The van der Waals surface area contributed by atoms with Gasteiger partial charge in [-0.05, 0) is 86.6 Å². The minimum Gasteiger partial charge on any atom is -0.508 e. The van der Waals surface area contributed by atoms with Gasteiger partial charge in [0.2, 0.25) is 59.1 Å². The minimum atomic E-state index is -1.75. The van der Waals surface area contributed by atoms with Gasteiger partial charge in [0, 0.05) is 81.9 Å². The van der Waals surface area contributed by atoms with E-state index in [2.05, 4.69) is 62.5 Å². The van der Waals surface area contributed by atoms with E-state index in [-0.39, 0.29) is 94.0 Å². The van der Waals surface area contributed by atoms with E-state index in [9.17, 15) is 58.2 Å². The number of aromatic amines is 2. The predicted molar refractivity (Wildman–Crippen MR) is 322 cm³/mol. The molecule has 3 heterocycles. The van der Waals surface area contributed by atoms with Crippen LogP contribution in [0, 0.1) is 11.8 Å². The van der Waals surface area contributed by atoms with Crippen molar-refractivity contribution in [2.75, 3.05) is 39.8 Å². The lowest BCUT2D eigenvalue weighted by atomic mass is 9.98. The van der Waals surface area contributed by atoms with Gasteiger partial charge < -0.3 is 84.0 Å². The van der Waals surface area contributed by atoms with E-state index in [4.69, 9.17) is 11.5 Å². The summed E-state index contributed by atoms with van der Waals surface area (Å²) in [5.41, 5.74) is 13.3. The number of benzene rings is 2. The first kappa shape index (κ1) is 68.7. The van der Waals surface area contributed by atoms with Crippen LogP contribution in [0.1, 0.15) is 96.9 Å². The Morgan fingerprint density at radius 2 is 1.28 bits per heavy atom. The molecule has 10 amide bonds. The van der Waals surface area contributed by atoms with E-state index < -0.39 is 108 Å². The van der Waals surface area contributed by atoms with Gasteiger partial charge in [-0.3, -0.25) is 52.9 Å². The van der Waals surface area contributed by atoms with E-state index in [1.165, 1.54) is 55.7 Å². The summed E-state index contributed by atoms with van der Waals surface area (Å²) in [6.07, 6.45) is 5.44. The van der Waals surface area contributed by atoms with Crippen LogP contribution >= 0.6 is 0 Å². The quantitative estimate of drug-likeness (QED) is 0.0151. The molecule has 87 heavy (non-hydrogen) atoms. The van der Waals surface area contributed by atoms with Gasteiger partial charge in [0.15, 0.2) is 5.96 Å². The number of aliphatic hydroxyl groups excluding tert-OH is 1. The first-order valence-corrected chi connectivity index (χ1v) is 29.3. The molecule has 5 rings (SSSR count). The van der Waals surface area contributed by atoms with E-state index in [1.54, 1.807) is 45.2 Å². The first-order chi connectivity index (χ1) is 41.4. The van der Waals surface area contributed by atoms with Crippen molar-refractivity contribution in [3.8, 4) is 5.75 Å². The number of rotatable bonds is 33. The molecule has 4 aromatic rings. The lowest BCUT2D eigenvalue weighted by molar-refractivity contribution is -0.142. The summed E-state index contributed by atoms with van der Waals surface area (Å²) in [6.45, 7) is 9.70. The third kappa shape index (κ3) is 21.4. The number of aliphatic imine (C=N–C) groups is 1. The Hall–Kier alpha value is -9.08. The zero-order valence-electron chi connectivity index (χ0n) is 50.4. The molecular weight excluding hydrogens is 1120 g/mol. The molecule has 1 aliphatic rings. The second-order valence-corrected chi connectivity index (χ2v) is 22.6. The topological polar surface area (TPSA) is 423 Å². The summed E-state index contributed by atoms with van der Waals surface area (Å²) in [5.74, 6) is -7.71. The Balaban J connectivity index is 1.39. The van der Waals surface area contributed by atoms with Gasteiger partial charge in [-0.25, -0.2) is 4.98 Å². The monoisotopic (exact) mass is 1210 g/mol. The molecule has 0 radical (unpaired) electrons. The summed E-state index contributed by atoms with van der Waals surface area (Å²) in [6, 6.07) is 2.43. The number of carbonyl (C=O) groups is 10. The fraction of sp³-hybridized carbons (Fsp3) is 0.525. The van der Waals surface area contributed by atoms with Gasteiger partial charge in [-0.15, -0.1) is 0 Å². The number of aliphatic hydroxyl groups is 1. The maximum atomic E-state index is 14.7. The van der Waals surface area contributed by atoms with Crippen LogP contribution in [0.2, 0.25) is 0 Å². The van der Waals surface area contributed by atoms with Gasteiger partial charge in [0.25, 0.3) is 0 Å². The average molecular weight is 1210 g/mol. The highest BCUT2D eigenvalue weighted by atomic mass is 16.3. The zero-order chi connectivity index (χ0) is 63.9. The fourth-order valence-electron chi connectivity index (χ4n) is 9.99. The number of aromatic nitrogens is 3. The van der Waals surface area contributed by atoms with Crippen LogP contribution in [0.25, 0.3) is 10.9 Å². The molecule has 28 heteroatoms. The van der Waals surface area contributed by atoms with Gasteiger partial charge in [-0.1, -0.05) is 58.0 Å². The molecule has 16 N–H and O–H groups in total. The van der Waals surface area contributed by atoms with Gasteiger partial charge in [-0.2, -0.15) is 0 Å². The number of nitrogens with two attached hydrogens (primary N) is 2. The number of para-hydroxylation sites is 1. The highest BCUT2D eigenvalue weighted by Gasteiger charge is 2.39. The lowest BCUT2D eigenvalue weighted by Gasteiger charge is -2.31. The van der Waals surface area contributed by atoms with E-state index >= 15 is 0 Å². The number of carbonyl (C=O) groups excluding carboxylic acids is 10. The largest absolute Gasteiger partial charge is 0.508 e. The van der Waals surface area contributed by atoms with Crippen molar-refractivity contribution in [1.82, 2.24) is 67.3 Å². The minimum absolute atomic E-state index is 0.0380. The van der Waals surface area contributed by atoms with Gasteiger partial charge in [0.05, 0.1) is 19.5 Å². The van der Waals surface area contributed by atoms with Crippen molar-refractivity contribution in [1.29, 1.82) is 0 Å². The number of guanidine groups is 1. The smallest absolute Gasteiger partial charge is 0.245 e. The SMILES string of the molecule is CCNC(=O)[C@@H]1CCCN1C(=O)[C@H](CCCN=C(N)N)NC(=O)[C@H](CC(C)C)NC(=O)[C@@H](CC(C)C)NC(=O)[C@H](Cc1ccc(O)cc1)NC(=O)[C@H](CO)NC(=O)[C@H](Cc1c[nH]c2ccccc12)NC(=O)[C@H](Cc1cnc[nH]1)NC(=O)CN(C)C(C)=O. The molecule has 0 aliphatic carbocycles. The Morgan fingerprint density at radius 3 is 1.84 bits per heavy atom. The number of imidazole rings is 1. The molecule has 28 nitrogen and oxygen atoms in total. The van der Waals surface area contributed by atoms with Crippen LogP contribution in [-0.2, 0) is 67.2 Å². The van der Waals surface area contributed by atoms with Crippen molar-refractivity contribution >= 4 is 75.9 Å². The number of likely N-dealkylation sites (N-methyl/N-ethyl adjacent to an activating group) is 2. The number of phenols is 1. The molecule has 2 aromatic carbocycles. The summed E-state index contributed by atoms with van der Waals surface area (Å²) in [5, 5.41) is 43.2. The molecule has 0 unspecified atom stereocenters. The van der Waals surface area contributed by atoms with Crippen LogP contribution in [-0.4, -0.2) is 188 Å². The number of hydrogen-bond donors (Lipinski definition) is 14. The van der Waals surface area contributed by atoms with E-state index in [0.717, 1.165) is 4.90 Å². The number of H-pyrrole nitrogens is 2. The molecule has 2 aromatic heterocycles. The number of nitrogens with zero attached hydrogens (tertiary/aromatic N) is 4. The molecule has 0 spiro atoms. The molecule has 1 saturated heterocycles. The van der Waals surface area contributed by atoms with Crippen LogP contribution in [0.15, 0.2) is 72.2 Å². The Labute approximate surface area is 505 Å². The summed E-state index contributed by atoms with van der Waals surface area (Å²) in [7, 11) is 1.41. The second kappa shape index (κ2) is 33.6. The zero-order valence-corrected chi connectivity index (χ0v) is 50.4. The van der Waals surface area contributed by atoms with Crippen LogP contribution in [0.4, 0.5) is 0 Å². The van der Waals surface area contributed by atoms with Crippen LogP contribution < -0.4 is 54.0 Å². The van der Waals surface area contributed by atoms with Crippen molar-refractivity contribution in [3.05, 3.63) is 84.1 Å². The van der Waals surface area contributed by atoms with Gasteiger partial charge >= 0.3 is 0 Å². The highest BCUT2D eigenvalue weighted by Crippen LogP contribution is 2.22. The van der Waals surface area contributed by atoms with Gasteiger partial charge in [0.1, 0.15) is 54.1 Å². The van der Waals surface area contributed by atoms with Crippen molar-refractivity contribution < 1.29 is 58.2 Å². The predicted octanol–water partition coefficient (Wildman–Crippen LogP) is -1.24. The first-order valence-electron chi connectivity index (χ1n) is 29.3. The van der Waals surface area contributed by atoms with Crippen LogP contribution in [0.5, 0.6) is 5.75 Å². The third-order valence-corrected chi connectivity index (χ3v) is 14.5. The average Bonchev–Trinajstić information content (AvgIpc) is 3.81. The molecule has 1 fully saturated rings. The van der Waals surface area contributed by atoms with Crippen molar-refractivity contribution in [2.45, 2.75) is 148 Å². The number of amides is 10. The number of phenolic OH excluding ortho intramolecular Hbond substituents is 1. The fourth-order valence-corrected chi connectivity index (χ4v) is 9.99. The Bertz CT molecular complexity index is 3020. The number of aromatic hydroxyl groups is 1. The maximum absolute atomic E-state index is 14.7. The van der Waals surface area contributed by atoms with E-state index in [0.29, 0.717) is 47.1 Å². The van der Waals surface area contributed by atoms with Crippen LogP contribution in [0.3, 0.4) is 0 Å². The molecule has 474 valence electrons. The van der Waals surface area contributed by atoms with E-state index in [1.807, 2.05) is 19.9 Å². The molecule has 1 aliphatic heterocycles. The summed E-state index contributed by atoms with van der Waals surface area (Å²) in [4.78, 5) is 156. The Kier molecular flexibility index (Phi) is 26.5. The maximum Gasteiger partial charge on any atom is 0.245 e. The standard InChI is InChI=1S/C59H86N16O12/c1-8-63-57(86)49-16-12-22-75(49)58(87)42(15-11-21-64-59(60)61)68-51(80)43(23-33(2)3)69-52(81)44(24-34(4)5)70-53(82)45(25-36-17-19-39(78)20-18-36)71-56(85)48(31-76)73-54(83)46(26-37-28-65-41-14-10-9-13-40(37)41)72-55(84)47(27-38-29-62-32-66-38)67-50(79)30-74(7)35(6)77/h9-10,13-14,17-20,28-29,32-34,42-49,65,76,78H,8,11-12,15-16,21-27,30-31H2,1-7H3,(H,62,66)(H,63,86)(H,67,79)(H,68,80)(H,69,81)(H,70,82)(H,71,85)(H,72,84)(H,73,83)(H4,60,61,64)/t42-,43-,44+,45-,46-,47-,48-,49-/m0/s1. The lowest BCUT2D eigenvalue weighted by Crippen LogP contribution is -2.61. The summed E-state index contributed by atoms with van der Waals surface area (Å²) < 4.78 is 0. The van der Waals surface area contributed by atoms with Crippen molar-refractivity contribution in [3.63, 3.8) is 0 Å². The number of nitrogens with one attached hydrogen (secondary N) is 10. The molecule has 0 bridgehead atoms. The highest BCUT2D eigenvalue weighted by molar-refractivity contribution is 5.99.